The lowest BCUT2D eigenvalue weighted by molar-refractivity contribution is 0.183. The lowest BCUT2D eigenvalue weighted by Gasteiger charge is -2.05. The average Bonchev–Trinajstić information content (AvgIpc) is 2.91. The molecule has 37 heavy (non-hydrogen) atoms. The molecule has 0 unspecified atom stereocenters. The van der Waals surface area contributed by atoms with E-state index in [0.717, 1.165) is 13.0 Å². The van der Waals surface area contributed by atoms with Gasteiger partial charge in [-0.1, -0.05) is 206 Å². The molecule has 0 aromatic heterocycles. The van der Waals surface area contributed by atoms with Crippen LogP contribution in [-0.2, 0) is 4.74 Å². The van der Waals surface area contributed by atoms with Gasteiger partial charge >= 0.3 is 0 Å². The van der Waals surface area contributed by atoms with E-state index < -0.39 is 0 Å². The maximum absolute atomic E-state index is 5.75. The van der Waals surface area contributed by atoms with Gasteiger partial charge < -0.3 is 4.74 Å². The Labute approximate surface area is 237 Å². The van der Waals surface area contributed by atoms with Crippen molar-refractivity contribution in [2.75, 3.05) is 6.61 Å². The van der Waals surface area contributed by atoms with Gasteiger partial charge in [-0.3, -0.25) is 0 Å². The largest absolute Gasteiger partial charge is 0.376 e. The second-order valence-electron chi connectivity index (χ2n) is 12.1. The third-order valence-electron chi connectivity index (χ3n) is 8.16. The fourth-order valence-corrected chi connectivity index (χ4v) is 5.50. The second-order valence-corrected chi connectivity index (χ2v) is 12.1. The molecule has 0 atom stereocenters. The molecule has 1 heteroatoms. The minimum atomic E-state index is 0.942. The van der Waals surface area contributed by atoms with Crippen LogP contribution in [0.15, 0.2) is 0 Å². The van der Waals surface area contributed by atoms with E-state index in [1.165, 1.54) is 199 Å². The van der Waals surface area contributed by atoms with Gasteiger partial charge in [0.2, 0.25) is 0 Å². The van der Waals surface area contributed by atoms with Gasteiger partial charge in [0, 0.05) is 6.61 Å². The molecule has 1 radical (unpaired) electrons. The van der Waals surface area contributed by atoms with Crippen LogP contribution in [0.1, 0.15) is 219 Å². The zero-order valence-corrected chi connectivity index (χ0v) is 26.3. The van der Waals surface area contributed by atoms with Gasteiger partial charge in [0.15, 0.2) is 0 Å². The van der Waals surface area contributed by atoms with Crippen LogP contribution in [0, 0.1) is 6.61 Å². The molecule has 0 aliphatic rings. The standard InChI is InChI=1S/C36H73O/c1-3-5-7-9-11-13-15-17-19-21-23-25-27-29-31-33-35-37-36-34-32-30-28-26-24-22-20-18-16-14-12-10-8-6-4-2/h35H,3-34,36H2,1-2H3. The quantitative estimate of drug-likeness (QED) is 0.0765. The van der Waals surface area contributed by atoms with Gasteiger partial charge in [0.25, 0.3) is 0 Å². The second kappa shape index (κ2) is 36.0. The van der Waals surface area contributed by atoms with Gasteiger partial charge in [-0.15, -0.1) is 0 Å². The van der Waals surface area contributed by atoms with Crippen molar-refractivity contribution in [1.29, 1.82) is 0 Å². The average molecular weight is 522 g/mol. The molecule has 223 valence electrons. The Morgan fingerprint density at radius 1 is 0.297 bits per heavy atom. The molecule has 0 heterocycles. The Morgan fingerprint density at radius 3 is 0.838 bits per heavy atom. The highest BCUT2D eigenvalue weighted by atomic mass is 16.5. The molecule has 0 aliphatic heterocycles. The van der Waals surface area contributed by atoms with E-state index in [9.17, 15) is 0 Å². The van der Waals surface area contributed by atoms with Crippen molar-refractivity contribution in [3.05, 3.63) is 6.61 Å². The summed E-state index contributed by atoms with van der Waals surface area (Å²) in [7, 11) is 0. The zero-order valence-electron chi connectivity index (χ0n) is 26.3. The Hall–Kier alpha value is -0.0400. The van der Waals surface area contributed by atoms with Crippen LogP contribution in [-0.4, -0.2) is 6.61 Å². The molecule has 0 spiro atoms. The van der Waals surface area contributed by atoms with Crippen molar-refractivity contribution in [3.8, 4) is 0 Å². The summed E-state index contributed by atoms with van der Waals surface area (Å²) in [4.78, 5) is 0. The van der Waals surface area contributed by atoms with Gasteiger partial charge in [-0.25, -0.2) is 0 Å². The summed E-state index contributed by atoms with van der Waals surface area (Å²) in [6.07, 6.45) is 45.6. The molecular weight excluding hydrogens is 448 g/mol. The van der Waals surface area contributed by atoms with Crippen molar-refractivity contribution >= 4 is 0 Å². The number of hydrogen-bond acceptors (Lipinski definition) is 1. The van der Waals surface area contributed by atoms with Crippen molar-refractivity contribution in [3.63, 3.8) is 0 Å². The Balaban J connectivity index is 3.00. The smallest absolute Gasteiger partial charge is 0.0836 e. The van der Waals surface area contributed by atoms with Crippen LogP contribution in [0.2, 0.25) is 0 Å². The van der Waals surface area contributed by atoms with Crippen molar-refractivity contribution in [2.24, 2.45) is 0 Å². The number of unbranched alkanes of at least 4 members (excludes halogenated alkanes) is 30. The van der Waals surface area contributed by atoms with Crippen LogP contribution >= 0.6 is 0 Å². The third-order valence-corrected chi connectivity index (χ3v) is 8.16. The van der Waals surface area contributed by atoms with Crippen molar-refractivity contribution in [1.82, 2.24) is 0 Å². The predicted molar refractivity (Wildman–Crippen MR) is 169 cm³/mol. The Bertz CT molecular complexity index is 332. The first-order valence-electron chi connectivity index (χ1n) is 17.8. The number of hydrogen-bond donors (Lipinski definition) is 0. The summed E-state index contributed by atoms with van der Waals surface area (Å²) >= 11 is 0. The molecule has 1 nitrogen and oxygen atoms in total. The van der Waals surface area contributed by atoms with E-state index in [0.29, 0.717) is 0 Å². The van der Waals surface area contributed by atoms with E-state index in [1.807, 2.05) is 0 Å². The summed E-state index contributed by atoms with van der Waals surface area (Å²) < 4.78 is 5.75. The monoisotopic (exact) mass is 522 g/mol. The molecule has 0 rings (SSSR count). The van der Waals surface area contributed by atoms with Gasteiger partial charge in [0.05, 0.1) is 6.61 Å². The van der Waals surface area contributed by atoms with E-state index >= 15 is 0 Å². The molecule has 0 aromatic rings. The lowest BCUT2D eigenvalue weighted by Crippen LogP contribution is -1.92. The minimum Gasteiger partial charge on any atom is -0.376 e. The van der Waals surface area contributed by atoms with Gasteiger partial charge in [-0.05, 0) is 12.8 Å². The summed E-state index contributed by atoms with van der Waals surface area (Å²) in [6, 6.07) is 0. The highest BCUT2D eigenvalue weighted by Crippen LogP contribution is 2.15. The van der Waals surface area contributed by atoms with E-state index in [-0.39, 0.29) is 0 Å². The zero-order chi connectivity index (χ0) is 26.7. The first kappa shape index (κ1) is 37.0. The van der Waals surface area contributed by atoms with Crippen molar-refractivity contribution < 1.29 is 4.74 Å². The SMILES string of the molecule is CCCCCCCCCCCCCCCCC[CH]OCCCCCCCCCCCCCCCCCC. The van der Waals surface area contributed by atoms with Gasteiger partial charge in [-0.2, -0.15) is 0 Å². The van der Waals surface area contributed by atoms with Crippen LogP contribution in [0.3, 0.4) is 0 Å². The maximum atomic E-state index is 5.75. The molecule has 0 N–H and O–H groups in total. The predicted octanol–water partition coefficient (Wildman–Crippen LogP) is 13.7. The fourth-order valence-electron chi connectivity index (χ4n) is 5.50. The molecule has 0 aliphatic carbocycles. The summed E-state index contributed by atoms with van der Waals surface area (Å²) in [5, 5.41) is 0. The topological polar surface area (TPSA) is 9.23 Å². The molecule has 0 saturated heterocycles. The van der Waals surface area contributed by atoms with E-state index in [2.05, 4.69) is 20.5 Å². The molecule has 0 amide bonds. The van der Waals surface area contributed by atoms with Crippen molar-refractivity contribution in [2.45, 2.75) is 219 Å². The fraction of sp³-hybridized carbons (Fsp3) is 0.972. The first-order valence-corrected chi connectivity index (χ1v) is 17.8. The van der Waals surface area contributed by atoms with E-state index in [1.54, 1.807) is 0 Å². The minimum absolute atomic E-state index is 0.942. The molecule has 0 aromatic carbocycles. The van der Waals surface area contributed by atoms with Crippen LogP contribution < -0.4 is 0 Å². The van der Waals surface area contributed by atoms with Gasteiger partial charge in [0.1, 0.15) is 0 Å². The van der Waals surface area contributed by atoms with Crippen LogP contribution in [0.4, 0.5) is 0 Å². The highest BCUT2D eigenvalue weighted by Gasteiger charge is 1.97. The normalized spacial score (nSPS) is 11.5. The summed E-state index contributed by atoms with van der Waals surface area (Å²) in [5.74, 6) is 0. The first-order chi connectivity index (χ1) is 18.4. The van der Waals surface area contributed by atoms with Crippen LogP contribution in [0.25, 0.3) is 0 Å². The maximum Gasteiger partial charge on any atom is 0.0836 e. The number of rotatable bonds is 34. The highest BCUT2D eigenvalue weighted by molar-refractivity contribution is 4.55. The summed E-state index contributed by atoms with van der Waals surface area (Å²) in [6.45, 7) is 7.64. The number of ether oxygens (including phenoxy) is 1. The molecule has 0 saturated carbocycles. The Morgan fingerprint density at radius 2 is 0.541 bits per heavy atom. The molecule has 0 bridgehead atoms. The van der Waals surface area contributed by atoms with E-state index in [4.69, 9.17) is 4.74 Å². The Kier molecular flexibility index (Phi) is 35.9. The summed E-state index contributed by atoms with van der Waals surface area (Å²) in [5.41, 5.74) is 0. The van der Waals surface area contributed by atoms with Crippen LogP contribution in [0.5, 0.6) is 0 Å². The molecular formula is C36H73O. The third kappa shape index (κ3) is 36.0. The lowest BCUT2D eigenvalue weighted by atomic mass is 10.0. The molecule has 0 fully saturated rings.